The molecule has 0 aromatic heterocycles. The molecule has 3 fully saturated rings. The number of hydrogen-bond acceptors (Lipinski definition) is 3. The molecule has 3 aliphatic rings. The zero-order valence-electron chi connectivity index (χ0n) is 11.5. The number of nitrogens with one attached hydrogen (secondary N) is 1. The molecule has 2 saturated heterocycles. The summed E-state index contributed by atoms with van der Waals surface area (Å²) in [7, 11) is 0. The normalized spacial score (nSPS) is 33.6. The summed E-state index contributed by atoms with van der Waals surface area (Å²) in [6, 6.07) is 3.14. The first kappa shape index (κ1) is 12.9. The smallest absolute Gasteiger partial charge is 0.240 e. The van der Waals surface area contributed by atoms with Gasteiger partial charge < -0.3 is 5.32 Å². The summed E-state index contributed by atoms with van der Waals surface area (Å²) in [4.78, 5) is 15.0. The maximum atomic E-state index is 12.5. The minimum Gasteiger partial charge on any atom is -0.350 e. The summed E-state index contributed by atoms with van der Waals surface area (Å²) in [5, 5.41) is 12.7. The van der Waals surface area contributed by atoms with E-state index in [1.54, 1.807) is 0 Å². The van der Waals surface area contributed by atoms with Gasteiger partial charge in [-0.25, -0.2) is 0 Å². The fraction of sp³-hybridized carbons (Fsp3) is 0.867. The molecular weight excluding hydrogens is 238 g/mol. The number of hydrogen-bond donors (Lipinski definition) is 1. The summed E-state index contributed by atoms with van der Waals surface area (Å²) in [6.07, 6.45) is 8.19. The van der Waals surface area contributed by atoms with Gasteiger partial charge in [-0.2, -0.15) is 5.26 Å². The number of carbonyl (C=O) groups is 1. The predicted octanol–water partition coefficient (Wildman–Crippen LogP) is 1.81. The molecular formula is C15H23N3O. The van der Waals surface area contributed by atoms with Crippen molar-refractivity contribution in [3.63, 3.8) is 0 Å². The largest absolute Gasteiger partial charge is 0.350 e. The zero-order valence-corrected chi connectivity index (χ0v) is 11.5. The first-order valence-electron chi connectivity index (χ1n) is 7.71. The minimum absolute atomic E-state index is 0.00782. The van der Waals surface area contributed by atoms with Gasteiger partial charge in [0, 0.05) is 18.6 Å². The Labute approximate surface area is 115 Å². The summed E-state index contributed by atoms with van der Waals surface area (Å²) in [5.74, 6) is 0.00782. The molecule has 104 valence electrons. The third-order valence-corrected chi connectivity index (χ3v) is 5.28. The molecule has 4 heteroatoms. The number of rotatable bonds is 2. The lowest BCUT2D eigenvalue weighted by molar-refractivity contribution is -0.130. The van der Waals surface area contributed by atoms with Crippen LogP contribution in [-0.4, -0.2) is 36.0 Å². The molecule has 2 atom stereocenters. The van der Waals surface area contributed by atoms with Crippen LogP contribution >= 0.6 is 0 Å². The van der Waals surface area contributed by atoms with Crippen molar-refractivity contribution in [2.45, 2.75) is 63.5 Å². The van der Waals surface area contributed by atoms with Gasteiger partial charge in [0.25, 0.3) is 0 Å². The van der Waals surface area contributed by atoms with Crippen LogP contribution in [-0.2, 0) is 4.79 Å². The van der Waals surface area contributed by atoms with Crippen molar-refractivity contribution in [3.8, 4) is 6.07 Å². The SMILES string of the molecule is N#CC1(C(=O)NC2CCN3CCCC23)CCCCC1. The average Bonchev–Trinajstić information content (AvgIpc) is 3.04. The maximum Gasteiger partial charge on any atom is 0.240 e. The van der Waals surface area contributed by atoms with Crippen LogP contribution in [0.2, 0.25) is 0 Å². The van der Waals surface area contributed by atoms with Gasteiger partial charge in [0.1, 0.15) is 5.41 Å². The van der Waals surface area contributed by atoms with Crippen LogP contribution in [0.15, 0.2) is 0 Å². The summed E-state index contributed by atoms with van der Waals surface area (Å²) >= 11 is 0. The van der Waals surface area contributed by atoms with Crippen molar-refractivity contribution in [1.82, 2.24) is 10.2 Å². The zero-order chi connectivity index (χ0) is 13.3. The molecule has 1 aliphatic carbocycles. The summed E-state index contributed by atoms with van der Waals surface area (Å²) in [5.41, 5.74) is -0.732. The standard InChI is InChI=1S/C15H23N3O/c16-11-15(7-2-1-3-8-15)14(19)17-12-6-10-18-9-4-5-13(12)18/h12-13H,1-10H2,(H,17,19). The highest BCUT2D eigenvalue weighted by Crippen LogP contribution is 2.37. The van der Waals surface area contributed by atoms with E-state index in [4.69, 9.17) is 0 Å². The van der Waals surface area contributed by atoms with Crippen LogP contribution in [0, 0.1) is 16.7 Å². The molecule has 2 heterocycles. The second-order valence-corrected chi connectivity index (χ2v) is 6.37. The average molecular weight is 261 g/mol. The van der Waals surface area contributed by atoms with Crippen molar-refractivity contribution < 1.29 is 4.79 Å². The molecule has 1 amide bonds. The Morgan fingerprint density at radius 3 is 2.68 bits per heavy atom. The van der Waals surface area contributed by atoms with Crippen LogP contribution in [0.4, 0.5) is 0 Å². The Balaban J connectivity index is 1.66. The Morgan fingerprint density at radius 2 is 1.95 bits per heavy atom. The molecule has 0 bridgehead atoms. The predicted molar refractivity (Wildman–Crippen MR) is 72.3 cm³/mol. The number of nitriles is 1. The number of amides is 1. The van der Waals surface area contributed by atoms with E-state index < -0.39 is 5.41 Å². The third kappa shape index (κ3) is 2.25. The molecule has 3 rings (SSSR count). The van der Waals surface area contributed by atoms with Crippen LogP contribution in [0.3, 0.4) is 0 Å². The molecule has 1 saturated carbocycles. The van der Waals surface area contributed by atoms with E-state index in [1.807, 2.05) is 0 Å². The highest BCUT2D eigenvalue weighted by Gasteiger charge is 2.44. The van der Waals surface area contributed by atoms with Gasteiger partial charge >= 0.3 is 0 Å². The van der Waals surface area contributed by atoms with Gasteiger partial charge in [-0.3, -0.25) is 9.69 Å². The fourth-order valence-corrected chi connectivity index (χ4v) is 4.10. The van der Waals surface area contributed by atoms with Crippen LogP contribution in [0.5, 0.6) is 0 Å². The minimum atomic E-state index is -0.732. The van der Waals surface area contributed by atoms with Crippen molar-refractivity contribution >= 4 is 5.91 Å². The van der Waals surface area contributed by atoms with Gasteiger partial charge in [-0.1, -0.05) is 19.3 Å². The number of fused-ring (bicyclic) bond motifs is 1. The summed E-state index contributed by atoms with van der Waals surface area (Å²) < 4.78 is 0. The van der Waals surface area contributed by atoms with Gasteiger partial charge in [0.15, 0.2) is 0 Å². The van der Waals surface area contributed by atoms with Crippen molar-refractivity contribution in [2.75, 3.05) is 13.1 Å². The lowest BCUT2D eigenvalue weighted by Gasteiger charge is -2.31. The van der Waals surface area contributed by atoms with E-state index in [9.17, 15) is 10.1 Å². The van der Waals surface area contributed by atoms with Gasteiger partial charge in [-0.15, -0.1) is 0 Å². The van der Waals surface area contributed by atoms with E-state index in [0.717, 1.165) is 45.1 Å². The molecule has 19 heavy (non-hydrogen) atoms. The topological polar surface area (TPSA) is 56.1 Å². The molecule has 2 aliphatic heterocycles. The van der Waals surface area contributed by atoms with Crippen LogP contribution in [0.25, 0.3) is 0 Å². The Morgan fingerprint density at radius 1 is 1.16 bits per heavy atom. The third-order valence-electron chi connectivity index (χ3n) is 5.28. The van der Waals surface area contributed by atoms with Crippen LogP contribution in [0.1, 0.15) is 51.4 Å². The molecule has 0 aromatic rings. The lowest BCUT2D eigenvalue weighted by Crippen LogP contribution is -2.49. The molecule has 0 spiro atoms. The van der Waals surface area contributed by atoms with E-state index in [2.05, 4.69) is 16.3 Å². The molecule has 1 N–H and O–H groups in total. The van der Waals surface area contributed by atoms with E-state index in [1.165, 1.54) is 19.4 Å². The first-order chi connectivity index (χ1) is 9.25. The Kier molecular flexibility index (Phi) is 3.49. The highest BCUT2D eigenvalue weighted by atomic mass is 16.2. The van der Waals surface area contributed by atoms with E-state index in [0.29, 0.717) is 6.04 Å². The highest BCUT2D eigenvalue weighted by molar-refractivity contribution is 5.85. The van der Waals surface area contributed by atoms with Crippen LogP contribution < -0.4 is 5.32 Å². The maximum absolute atomic E-state index is 12.5. The van der Waals surface area contributed by atoms with Gasteiger partial charge in [0.2, 0.25) is 5.91 Å². The second-order valence-electron chi connectivity index (χ2n) is 6.37. The Bertz CT molecular complexity index is 395. The monoisotopic (exact) mass is 261 g/mol. The second kappa shape index (κ2) is 5.13. The van der Waals surface area contributed by atoms with E-state index >= 15 is 0 Å². The number of carbonyl (C=O) groups excluding carboxylic acids is 1. The fourth-order valence-electron chi connectivity index (χ4n) is 4.10. The van der Waals surface area contributed by atoms with Crippen molar-refractivity contribution in [2.24, 2.45) is 5.41 Å². The van der Waals surface area contributed by atoms with Gasteiger partial charge in [0.05, 0.1) is 6.07 Å². The first-order valence-corrected chi connectivity index (χ1v) is 7.71. The lowest BCUT2D eigenvalue weighted by atomic mass is 9.74. The van der Waals surface area contributed by atoms with Crippen molar-refractivity contribution in [1.29, 1.82) is 5.26 Å². The molecule has 2 unspecified atom stereocenters. The Hall–Kier alpha value is -1.08. The molecule has 4 nitrogen and oxygen atoms in total. The summed E-state index contributed by atoms with van der Waals surface area (Å²) in [6.45, 7) is 2.29. The number of nitrogens with zero attached hydrogens (tertiary/aromatic N) is 2. The molecule has 0 radical (unpaired) electrons. The van der Waals surface area contributed by atoms with E-state index in [-0.39, 0.29) is 11.9 Å². The molecule has 0 aromatic carbocycles. The van der Waals surface area contributed by atoms with Gasteiger partial charge in [-0.05, 0) is 38.6 Å². The quantitative estimate of drug-likeness (QED) is 0.825. The van der Waals surface area contributed by atoms with Crippen molar-refractivity contribution in [3.05, 3.63) is 0 Å².